The average Bonchev–Trinajstić information content (AvgIpc) is 2.58. The number of hydrogen-bond acceptors (Lipinski definition) is 0. The minimum Gasteiger partial charge on any atom is -0.449 e. The SMILES string of the molecule is C=C1CCC[C@@]2(C)CC[C@H](C([NH2+][CH2-])=C(C)C)[C@@H]12. The Balaban J connectivity index is 2.32. The predicted molar refractivity (Wildman–Crippen MR) is 73.0 cm³/mol. The van der Waals surface area contributed by atoms with Gasteiger partial charge in [0.2, 0.25) is 0 Å². The van der Waals surface area contributed by atoms with E-state index in [1.807, 2.05) is 0 Å². The van der Waals surface area contributed by atoms with Gasteiger partial charge in [0.15, 0.2) is 0 Å². The molecule has 0 heterocycles. The van der Waals surface area contributed by atoms with Crippen molar-refractivity contribution in [3.63, 3.8) is 0 Å². The van der Waals surface area contributed by atoms with E-state index in [4.69, 9.17) is 0 Å². The van der Waals surface area contributed by atoms with E-state index in [-0.39, 0.29) is 0 Å². The predicted octanol–water partition coefficient (Wildman–Crippen LogP) is 3.41. The van der Waals surface area contributed by atoms with Crippen LogP contribution in [0.15, 0.2) is 23.4 Å². The molecule has 2 N–H and O–H groups in total. The molecule has 2 aliphatic rings. The van der Waals surface area contributed by atoms with Crippen molar-refractivity contribution in [3.05, 3.63) is 30.5 Å². The molecule has 0 amide bonds. The summed E-state index contributed by atoms with van der Waals surface area (Å²) in [6, 6.07) is 0. The maximum absolute atomic E-state index is 4.37. The van der Waals surface area contributed by atoms with Crippen molar-refractivity contribution in [2.45, 2.75) is 52.9 Å². The van der Waals surface area contributed by atoms with Gasteiger partial charge in [0.05, 0.1) is 5.70 Å². The lowest BCUT2D eigenvalue weighted by molar-refractivity contribution is -0.552. The third-order valence-corrected chi connectivity index (χ3v) is 5.06. The molecule has 0 unspecified atom stereocenters. The molecule has 3 atom stereocenters. The first kappa shape index (κ1) is 12.9. The first-order chi connectivity index (χ1) is 7.99. The Bertz CT molecular complexity index is 349. The average molecular weight is 233 g/mol. The highest BCUT2D eigenvalue weighted by Crippen LogP contribution is 2.57. The van der Waals surface area contributed by atoms with Crippen molar-refractivity contribution >= 4 is 0 Å². The van der Waals surface area contributed by atoms with Gasteiger partial charge in [-0.25, -0.2) is 0 Å². The molecule has 1 nitrogen and oxygen atoms in total. The molecule has 0 aliphatic heterocycles. The molecule has 0 radical (unpaired) electrons. The third kappa shape index (κ3) is 2.10. The Morgan fingerprint density at radius 3 is 2.71 bits per heavy atom. The first-order valence-corrected chi connectivity index (χ1v) is 6.97. The molecular formula is C16H27N. The lowest BCUT2D eigenvalue weighted by atomic mass is 9.65. The van der Waals surface area contributed by atoms with E-state index in [2.05, 4.69) is 39.7 Å². The zero-order chi connectivity index (χ0) is 12.6. The summed E-state index contributed by atoms with van der Waals surface area (Å²) in [6.45, 7) is 11.3. The third-order valence-electron chi connectivity index (χ3n) is 5.06. The Hall–Kier alpha value is -0.560. The summed E-state index contributed by atoms with van der Waals surface area (Å²) >= 11 is 0. The molecule has 0 aromatic carbocycles. The molecule has 0 saturated heterocycles. The van der Waals surface area contributed by atoms with Crippen LogP contribution in [-0.2, 0) is 0 Å². The van der Waals surface area contributed by atoms with Gasteiger partial charge in [0.1, 0.15) is 0 Å². The van der Waals surface area contributed by atoms with E-state index in [1.165, 1.54) is 48.9 Å². The van der Waals surface area contributed by atoms with E-state index >= 15 is 0 Å². The summed E-state index contributed by atoms with van der Waals surface area (Å²) in [5.41, 5.74) is 4.94. The standard InChI is InChI=1S/C16H27N/c1-11(2)15(17-5)13-8-10-16(4)9-6-7-12(3)14(13)16/h13-14H,3,5-10,17H2,1-2,4H3/t13-,14+,16-/m0/s1. The van der Waals surface area contributed by atoms with Crippen LogP contribution in [0.25, 0.3) is 0 Å². The van der Waals surface area contributed by atoms with Crippen molar-refractivity contribution in [1.82, 2.24) is 0 Å². The number of hydrogen-bond donors (Lipinski definition) is 1. The summed E-state index contributed by atoms with van der Waals surface area (Å²) in [5, 5.41) is 2.09. The lowest BCUT2D eigenvalue weighted by Crippen LogP contribution is -2.76. The van der Waals surface area contributed by atoms with Gasteiger partial charge in [-0.2, -0.15) is 0 Å². The molecule has 96 valence electrons. The fraction of sp³-hybridized carbons (Fsp3) is 0.688. The van der Waals surface area contributed by atoms with Crippen molar-refractivity contribution in [2.75, 3.05) is 0 Å². The normalized spacial score (nSPS) is 36.8. The van der Waals surface area contributed by atoms with Gasteiger partial charge in [-0.3, -0.25) is 0 Å². The van der Waals surface area contributed by atoms with Crippen molar-refractivity contribution in [3.8, 4) is 0 Å². The molecule has 2 aliphatic carbocycles. The molecule has 0 bridgehead atoms. The van der Waals surface area contributed by atoms with Crippen molar-refractivity contribution in [1.29, 1.82) is 0 Å². The van der Waals surface area contributed by atoms with Crippen molar-refractivity contribution in [2.24, 2.45) is 17.3 Å². The summed E-state index contributed by atoms with van der Waals surface area (Å²) in [5.74, 6) is 1.40. The lowest BCUT2D eigenvalue weighted by Gasteiger charge is -2.40. The largest absolute Gasteiger partial charge is 0.449 e. The monoisotopic (exact) mass is 233 g/mol. The van der Waals surface area contributed by atoms with Crippen LogP contribution in [0, 0.1) is 24.3 Å². The number of nitrogens with two attached hydrogens (primary N) is 1. The second-order valence-electron chi connectivity index (χ2n) is 6.45. The molecule has 0 aromatic heterocycles. The fourth-order valence-electron chi connectivity index (χ4n) is 4.29. The summed E-state index contributed by atoms with van der Waals surface area (Å²) in [6.07, 6.45) is 6.67. The highest BCUT2D eigenvalue weighted by atomic mass is 14.9. The summed E-state index contributed by atoms with van der Waals surface area (Å²) in [7, 11) is 4.02. The van der Waals surface area contributed by atoms with Gasteiger partial charge in [-0.1, -0.05) is 19.1 Å². The molecular weight excluding hydrogens is 206 g/mol. The molecule has 0 aromatic rings. The van der Waals surface area contributed by atoms with E-state index in [0.29, 0.717) is 17.3 Å². The Morgan fingerprint density at radius 1 is 1.41 bits per heavy atom. The first-order valence-electron chi connectivity index (χ1n) is 6.97. The maximum Gasteiger partial charge on any atom is 0.0817 e. The van der Waals surface area contributed by atoms with Gasteiger partial charge < -0.3 is 5.32 Å². The number of quaternary nitrogens is 1. The molecule has 0 spiro atoms. The van der Waals surface area contributed by atoms with Crippen LogP contribution in [-0.4, -0.2) is 0 Å². The van der Waals surface area contributed by atoms with Gasteiger partial charge in [-0.15, -0.1) is 7.05 Å². The Morgan fingerprint density at radius 2 is 2.12 bits per heavy atom. The maximum atomic E-state index is 4.37. The molecule has 2 saturated carbocycles. The summed E-state index contributed by atoms with van der Waals surface area (Å²) < 4.78 is 0. The Labute approximate surface area is 106 Å². The van der Waals surface area contributed by atoms with E-state index in [1.54, 1.807) is 0 Å². The number of fused-ring (bicyclic) bond motifs is 1. The van der Waals surface area contributed by atoms with Crippen molar-refractivity contribution < 1.29 is 5.32 Å². The number of rotatable bonds is 2. The minimum absolute atomic E-state index is 0.518. The second kappa shape index (κ2) is 4.61. The van der Waals surface area contributed by atoms with Gasteiger partial charge in [0.25, 0.3) is 0 Å². The smallest absolute Gasteiger partial charge is 0.0817 e. The number of allylic oxidation sites excluding steroid dienone is 3. The van der Waals surface area contributed by atoms with Crippen LogP contribution in [0.2, 0.25) is 0 Å². The minimum atomic E-state index is 0.518. The van der Waals surface area contributed by atoms with E-state index < -0.39 is 0 Å². The van der Waals surface area contributed by atoms with E-state index in [0.717, 1.165) is 0 Å². The van der Waals surface area contributed by atoms with E-state index in [9.17, 15) is 0 Å². The summed E-state index contributed by atoms with van der Waals surface area (Å²) in [4.78, 5) is 0. The van der Waals surface area contributed by atoms with Crippen LogP contribution in [0.1, 0.15) is 52.9 Å². The molecule has 2 rings (SSSR count). The van der Waals surface area contributed by atoms with Gasteiger partial charge in [0, 0.05) is 5.92 Å². The highest BCUT2D eigenvalue weighted by Gasteiger charge is 2.49. The highest BCUT2D eigenvalue weighted by molar-refractivity contribution is 5.21. The molecule has 2 fully saturated rings. The van der Waals surface area contributed by atoms with Gasteiger partial charge in [-0.05, 0) is 62.9 Å². The van der Waals surface area contributed by atoms with Crippen LogP contribution in [0.3, 0.4) is 0 Å². The second-order valence-corrected chi connectivity index (χ2v) is 6.45. The molecule has 1 heteroatoms. The fourth-order valence-corrected chi connectivity index (χ4v) is 4.29. The zero-order valence-corrected chi connectivity index (χ0v) is 11.7. The van der Waals surface area contributed by atoms with Gasteiger partial charge >= 0.3 is 0 Å². The van der Waals surface area contributed by atoms with Crippen LogP contribution < -0.4 is 5.32 Å². The van der Waals surface area contributed by atoms with Crippen LogP contribution in [0.5, 0.6) is 0 Å². The topological polar surface area (TPSA) is 16.6 Å². The quantitative estimate of drug-likeness (QED) is 0.556. The zero-order valence-electron chi connectivity index (χ0n) is 11.7. The van der Waals surface area contributed by atoms with Crippen LogP contribution in [0.4, 0.5) is 0 Å². The van der Waals surface area contributed by atoms with Crippen LogP contribution >= 0.6 is 0 Å². The Kier molecular flexibility index (Phi) is 3.49. The molecule has 17 heavy (non-hydrogen) atoms.